The predicted molar refractivity (Wildman–Crippen MR) is 86.5 cm³/mol. The van der Waals surface area contributed by atoms with E-state index in [0.717, 1.165) is 5.56 Å². The predicted octanol–water partition coefficient (Wildman–Crippen LogP) is 5.19. The van der Waals surface area contributed by atoms with Gasteiger partial charge in [0.1, 0.15) is 12.0 Å². The normalized spacial score (nSPS) is 18.3. The summed E-state index contributed by atoms with van der Waals surface area (Å²) in [5.74, 6) is -0.450. The fraction of sp³-hybridized carbons (Fsp3) is 0.111. The van der Waals surface area contributed by atoms with Crippen LogP contribution in [0.15, 0.2) is 60.8 Å². The zero-order valence-corrected chi connectivity index (χ0v) is 12.5. The molecule has 0 bridgehead atoms. The summed E-state index contributed by atoms with van der Waals surface area (Å²) < 4.78 is 28.3. The van der Waals surface area contributed by atoms with Gasteiger partial charge in [-0.3, -0.25) is 0 Å². The van der Waals surface area contributed by atoms with Crippen LogP contribution in [0.2, 0.25) is 5.02 Å². The van der Waals surface area contributed by atoms with Crippen LogP contribution in [-0.2, 0) is 0 Å². The molecule has 0 fully saturated rings. The summed E-state index contributed by atoms with van der Waals surface area (Å²) in [6, 6.07) is 13.8. The molecule has 0 radical (unpaired) electrons. The van der Waals surface area contributed by atoms with E-state index >= 15 is 0 Å². The molecule has 0 aliphatic carbocycles. The Hall–Kier alpha value is -2.13. The molecule has 0 amide bonds. The van der Waals surface area contributed by atoms with E-state index in [0.29, 0.717) is 11.3 Å². The third-order valence-electron chi connectivity index (χ3n) is 3.68. The van der Waals surface area contributed by atoms with Crippen LogP contribution in [0.5, 0.6) is 0 Å². The zero-order valence-electron chi connectivity index (χ0n) is 11.7. The Bertz CT molecular complexity index is 733. The first-order chi connectivity index (χ1) is 10.6. The molecule has 0 saturated heterocycles. The van der Waals surface area contributed by atoms with Gasteiger partial charge in [0.05, 0.1) is 16.3 Å². The minimum absolute atomic E-state index is 0.135. The highest BCUT2D eigenvalue weighted by Gasteiger charge is 2.27. The van der Waals surface area contributed by atoms with Crippen molar-refractivity contribution in [2.24, 2.45) is 0 Å². The van der Waals surface area contributed by atoms with Crippen LogP contribution in [0.1, 0.15) is 17.5 Å². The Labute approximate surface area is 132 Å². The maximum Gasteiger partial charge on any atom is 0.143 e. The molecule has 4 heteroatoms. The van der Waals surface area contributed by atoms with Crippen molar-refractivity contribution in [2.75, 3.05) is 0 Å². The van der Waals surface area contributed by atoms with E-state index in [-0.39, 0.29) is 22.7 Å². The van der Waals surface area contributed by atoms with Crippen LogP contribution >= 0.6 is 11.6 Å². The number of halogens is 3. The van der Waals surface area contributed by atoms with E-state index in [1.165, 1.54) is 6.07 Å². The molecule has 0 spiro atoms. The summed E-state index contributed by atoms with van der Waals surface area (Å²) in [4.78, 5) is 0. The summed E-state index contributed by atoms with van der Waals surface area (Å²) in [7, 11) is 0. The molecule has 2 aromatic rings. The van der Waals surface area contributed by atoms with Crippen molar-refractivity contribution in [1.29, 1.82) is 0 Å². The first-order valence-corrected chi connectivity index (χ1v) is 7.28. The first kappa shape index (κ1) is 14.8. The van der Waals surface area contributed by atoms with Crippen molar-refractivity contribution in [3.63, 3.8) is 0 Å². The molecule has 1 N–H and O–H groups in total. The van der Waals surface area contributed by atoms with Crippen molar-refractivity contribution < 1.29 is 8.78 Å². The van der Waals surface area contributed by atoms with E-state index < -0.39 is 12.0 Å². The highest BCUT2D eigenvalue weighted by atomic mass is 35.5. The molecule has 2 aromatic carbocycles. The third kappa shape index (κ3) is 2.64. The van der Waals surface area contributed by atoms with Gasteiger partial charge in [-0.1, -0.05) is 54.6 Å². The number of hydrogen-bond acceptors (Lipinski definition) is 1. The van der Waals surface area contributed by atoms with Crippen LogP contribution in [0.4, 0.5) is 8.78 Å². The molecule has 1 unspecified atom stereocenters. The molecular formula is C18H14ClF2N. The average molecular weight is 318 g/mol. The minimum atomic E-state index is -1.22. The third-order valence-corrected chi connectivity index (χ3v) is 4.00. The number of rotatable bonds is 2. The van der Waals surface area contributed by atoms with Gasteiger partial charge in [0.25, 0.3) is 0 Å². The van der Waals surface area contributed by atoms with E-state index in [9.17, 15) is 8.78 Å². The highest BCUT2D eigenvalue weighted by Crippen LogP contribution is 2.38. The quantitative estimate of drug-likeness (QED) is 0.803. The lowest BCUT2D eigenvalue weighted by Gasteiger charge is -2.28. The molecule has 0 saturated carbocycles. The van der Waals surface area contributed by atoms with E-state index in [1.807, 2.05) is 30.3 Å². The van der Waals surface area contributed by atoms with Gasteiger partial charge >= 0.3 is 0 Å². The van der Waals surface area contributed by atoms with Crippen molar-refractivity contribution in [2.45, 2.75) is 12.6 Å². The van der Waals surface area contributed by atoms with Crippen molar-refractivity contribution >= 4 is 22.9 Å². The summed E-state index contributed by atoms with van der Waals surface area (Å²) in [6.45, 7) is 3.67. The van der Waals surface area contributed by atoms with Gasteiger partial charge < -0.3 is 5.32 Å². The highest BCUT2D eigenvalue weighted by molar-refractivity contribution is 6.32. The number of allylic oxidation sites excluding steroid dienone is 2. The summed E-state index contributed by atoms with van der Waals surface area (Å²) in [6.07, 6.45) is -1.08. The van der Waals surface area contributed by atoms with Crippen LogP contribution in [0, 0.1) is 5.82 Å². The average Bonchev–Trinajstić information content (AvgIpc) is 2.51. The zero-order chi connectivity index (χ0) is 15.7. The maximum atomic E-state index is 14.3. The maximum absolute atomic E-state index is 14.3. The largest absolute Gasteiger partial charge is 0.356 e. The standard InChI is InChI=1S/C18H14ClF2N/c1-11-16(21)10-13(12-6-3-2-4-7-12)18(22-11)17-14(19)8-5-9-15(17)20/h2-9,16,22H,1,10H2. The monoisotopic (exact) mass is 317 g/mol. The second-order valence-corrected chi connectivity index (χ2v) is 5.55. The summed E-state index contributed by atoms with van der Waals surface area (Å²) in [5, 5.41) is 3.18. The molecule has 1 nitrogen and oxygen atoms in total. The number of benzene rings is 2. The van der Waals surface area contributed by atoms with Crippen LogP contribution in [0.25, 0.3) is 11.3 Å². The lowest BCUT2D eigenvalue weighted by atomic mass is 9.91. The molecule has 3 rings (SSSR count). The van der Waals surface area contributed by atoms with Crippen molar-refractivity contribution in [3.05, 3.63) is 82.8 Å². The molecule has 1 aliphatic rings. The van der Waals surface area contributed by atoms with E-state index in [2.05, 4.69) is 11.9 Å². The molecule has 1 heterocycles. The van der Waals surface area contributed by atoms with Gasteiger partial charge in [0, 0.05) is 12.1 Å². The number of hydrogen-bond donors (Lipinski definition) is 1. The SMILES string of the molecule is C=C1NC(c2c(F)cccc2Cl)=C(c2ccccc2)CC1F. The number of nitrogens with one attached hydrogen (secondary N) is 1. The summed E-state index contributed by atoms with van der Waals surface area (Å²) in [5.41, 5.74) is 2.46. The Morgan fingerprint density at radius 1 is 1.09 bits per heavy atom. The fourth-order valence-corrected chi connectivity index (χ4v) is 2.83. The van der Waals surface area contributed by atoms with Crippen LogP contribution in [0.3, 0.4) is 0 Å². The number of alkyl halides is 1. The lowest BCUT2D eigenvalue weighted by molar-refractivity contribution is 0.374. The van der Waals surface area contributed by atoms with E-state index in [1.54, 1.807) is 12.1 Å². The molecule has 0 aromatic heterocycles. The second kappa shape index (κ2) is 5.93. The van der Waals surface area contributed by atoms with E-state index in [4.69, 9.17) is 11.6 Å². The molecular weight excluding hydrogens is 304 g/mol. The first-order valence-electron chi connectivity index (χ1n) is 6.90. The van der Waals surface area contributed by atoms with Crippen molar-refractivity contribution in [1.82, 2.24) is 5.32 Å². The molecule has 1 atom stereocenters. The molecule has 1 aliphatic heterocycles. The fourth-order valence-electron chi connectivity index (χ4n) is 2.57. The lowest BCUT2D eigenvalue weighted by Crippen LogP contribution is -2.27. The summed E-state index contributed by atoms with van der Waals surface area (Å²) >= 11 is 6.16. The van der Waals surface area contributed by atoms with Gasteiger partial charge in [-0.05, 0) is 23.3 Å². The molecule has 112 valence electrons. The van der Waals surface area contributed by atoms with Crippen molar-refractivity contribution in [3.8, 4) is 0 Å². The Morgan fingerprint density at radius 3 is 2.50 bits per heavy atom. The van der Waals surface area contributed by atoms with Crippen LogP contribution < -0.4 is 5.32 Å². The van der Waals surface area contributed by atoms with Gasteiger partial charge in [-0.25, -0.2) is 8.78 Å². The smallest absolute Gasteiger partial charge is 0.143 e. The van der Waals surface area contributed by atoms with Gasteiger partial charge in [-0.15, -0.1) is 0 Å². The molecule has 22 heavy (non-hydrogen) atoms. The minimum Gasteiger partial charge on any atom is -0.356 e. The Kier molecular flexibility index (Phi) is 3.99. The van der Waals surface area contributed by atoms with Gasteiger partial charge in [-0.2, -0.15) is 0 Å². The second-order valence-electron chi connectivity index (χ2n) is 5.14. The van der Waals surface area contributed by atoms with Gasteiger partial charge in [0.2, 0.25) is 0 Å². The Balaban J connectivity index is 2.24. The Morgan fingerprint density at radius 2 is 1.82 bits per heavy atom. The van der Waals surface area contributed by atoms with Gasteiger partial charge in [0.15, 0.2) is 0 Å². The topological polar surface area (TPSA) is 12.0 Å². The van der Waals surface area contributed by atoms with Crippen LogP contribution in [-0.4, -0.2) is 6.17 Å².